The summed E-state index contributed by atoms with van der Waals surface area (Å²) < 4.78 is 30.7. The number of aliphatic hydroxyl groups is 1. The van der Waals surface area contributed by atoms with Crippen molar-refractivity contribution < 1.29 is 27.2 Å². The lowest BCUT2D eigenvalue weighted by Crippen LogP contribution is -2.49. The van der Waals surface area contributed by atoms with Gasteiger partial charge in [-0.2, -0.15) is 8.42 Å². The third kappa shape index (κ3) is 6.75. The van der Waals surface area contributed by atoms with Crippen molar-refractivity contribution >= 4 is 16.2 Å². The van der Waals surface area contributed by atoms with Crippen LogP contribution in [-0.4, -0.2) is 31.8 Å². The molecule has 0 aliphatic carbocycles. The minimum atomic E-state index is -3.91. The second-order valence-electron chi connectivity index (χ2n) is 3.96. The van der Waals surface area contributed by atoms with Crippen LogP contribution >= 0.6 is 0 Å². The summed E-state index contributed by atoms with van der Waals surface area (Å²) in [5, 5.41) is 11.4. The van der Waals surface area contributed by atoms with Crippen molar-refractivity contribution in [3.63, 3.8) is 0 Å². The molecular formula is C11H15NO6S. The van der Waals surface area contributed by atoms with Crippen LogP contribution in [0, 0.1) is 0 Å². The van der Waals surface area contributed by atoms with E-state index in [-0.39, 0.29) is 6.61 Å². The highest BCUT2D eigenvalue weighted by atomic mass is 32.2. The van der Waals surface area contributed by atoms with E-state index in [1.165, 1.54) is 0 Å². The van der Waals surface area contributed by atoms with Crippen molar-refractivity contribution in [2.45, 2.75) is 19.4 Å². The third-order valence-electron chi connectivity index (χ3n) is 1.86. The van der Waals surface area contributed by atoms with Gasteiger partial charge in [-0.05, 0) is 5.56 Å². The Hall–Kier alpha value is -1.64. The van der Waals surface area contributed by atoms with Gasteiger partial charge in [0.05, 0.1) is 6.26 Å². The number of nitrogens with one attached hydrogen (secondary N) is 1. The molecule has 106 valence electrons. The fraction of sp³-hybridized carbons (Fsp3) is 0.364. The highest BCUT2D eigenvalue weighted by Gasteiger charge is 2.29. The Morgan fingerprint density at radius 1 is 1.37 bits per heavy atom. The number of ether oxygens (including phenoxy) is 1. The van der Waals surface area contributed by atoms with Crippen LogP contribution in [0.15, 0.2) is 30.3 Å². The Balaban J connectivity index is 2.47. The van der Waals surface area contributed by atoms with E-state index in [1.54, 1.807) is 24.3 Å². The van der Waals surface area contributed by atoms with Gasteiger partial charge in [0.1, 0.15) is 6.61 Å². The van der Waals surface area contributed by atoms with Crippen LogP contribution in [0.1, 0.15) is 12.5 Å². The molecule has 0 saturated carbocycles. The average molecular weight is 289 g/mol. The molecule has 1 atom stereocenters. The molecule has 8 heteroatoms. The smallest absolute Gasteiger partial charge is 0.411 e. The first-order valence-electron chi connectivity index (χ1n) is 5.30. The van der Waals surface area contributed by atoms with Crippen LogP contribution in [0.4, 0.5) is 4.79 Å². The molecule has 2 N–H and O–H groups in total. The lowest BCUT2D eigenvalue weighted by molar-refractivity contribution is -0.136. The molecule has 0 saturated heterocycles. The second kappa shape index (κ2) is 6.00. The van der Waals surface area contributed by atoms with Gasteiger partial charge in [-0.1, -0.05) is 30.3 Å². The van der Waals surface area contributed by atoms with E-state index >= 15 is 0 Å². The first-order chi connectivity index (χ1) is 8.68. The summed E-state index contributed by atoms with van der Waals surface area (Å²) in [6, 6.07) is 8.87. The van der Waals surface area contributed by atoms with E-state index in [9.17, 15) is 18.3 Å². The molecule has 0 fully saturated rings. The number of hydrogen-bond acceptors (Lipinski definition) is 6. The van der Waals surface area contributed by atoms with Gasteiger partial charge in [0.2, 0.25) is 0 Å². The zero-order valence-electron chi connectivity index (χ0n) is 10.5. The minimum absolute atomic E-state index is 0.0123. The van der Waals surface area contributed by atoms with Gasteiger partial charge in [-0.25, -0.2) is 8.98 Å². The Morgan fingerprint density at radius 3 is 2.47 bits per heavy atom. The second-order valence-corrected chi connectivity index (χ2v) is 5.53. The molecule has 1 rings (SSSR count). The predicted molar refractivity (Wildman–Crippen MR) is 66.3 cm³/mol. The maximum absolute atomic E-state index is 11.3. The lowest BCUT2D eigenvalue weighted by atomic mass is 10.2. The zero-order valence-corrected chi connectivity index (χ0v) is 11.3. The lowest BCUT2D eigenvalue weighted by Gasteiger charge is -2.22. The van der Waals surface area contributed by atoms with Crippen LogP contribution in [0.5, 0.6) is 0 Å². The molecule has 0 spiro atoms. The topological polar surface area (TPSA) is 102 Å². The van der Waals surface area contributed by atoms with E-state index < -0.39 is 22.1 Å². The summed E-state index contributed by atoms with van der Waals surface area (Å²) in [6.07, 6.45) is -0.254. The van der Waals surface area contributed by atoms with Crippen molar-refractivity contribution in [1.29, 1.82) is 0 Å². The molecule has 0 heterocycles. The first-order valence-corrected chi connectivity index (χ1v) is 7.11. The van der Waals surface area contributed by atoms with E-state index in [2.05, 4.69) is 4.18 Å². The summed E-state index contributed by atoms with van der Waals surface area (Å²) in [5.41, 5.74) is 0.751. The van der Waals surface area contributed by atoms with Gasteiger partial charge < -0.3 is 9.84 Å². The largest absolute Gasteiger partial charge is 0.445 e. The maximum atomic E-state index is 11.3. The summed E-state index contributed by atoms with van der Waals surface area (Å²) in [6.45, 7) is 0.958. The van der Waals surface area contributed by atoms with Gasteiger partial charge in [-0.15, -0.1) is 0 Å². The number of benzene rings is 1. The quantitative estimate of drug-likeness (QED) is 0.606. The third-order valence-corrected chi connectivity index (χ3v) is 2.49. The van der Waals surface area contributed by atoms with E-state index in [0.29, 0.717) is 0 Å². The zero-order chi connectivity index (χ0) is 14.5. The van der Waals surface area contributed by atoms with Gasteiger partial charge in [0.15, 0.2) is 0 Å². The Kier molecular flexibility index (Phi) is 4.87. The number of carbonyl (C=O) groups excluding carboxylic acids is 1. The van der Waals surface area contributed by atoms with Gasteiger partial charge >= 0.3 is 6.09 Å². The van der Waals surface area contributed by atoms with Crippen LogP contribution in [-0.2, 0) is 25.6 Å². The van der Waals surface area contributed by atoms with Gasteiger partial charge in [0.25, 0.3) is 16.0 Å². The Bertz CT molecular complexity index is 525. The molecular weight excluding hydrogens is 274 g/mol. The maximum Gasteiger partial charge on any atom is 0.411 e. The molecule has 1 unspecified atom stereocenters. The van der Waals surface area contributed by atoms with Crippen molar-refractivity contribution in [2.75, 3.05) is 6.26 Å². The summed E-state index contributed by atoms with van der Waals surface area (Å²) in [7, 11) is -3.91. The number of alkyl carbamates (subject to hydrolysis) is 1. The minimum Gasteiger partial charge on any atom is -0.445 e. The monoisotopic (exact) mass is 289 g/mol. The molecule has 1 aromatic rings. The first kappa shape index (κ1) is 15.4. The number of rotatable bonds is 5. The fourth-order valence-electron chi connectivity index (χ4n) is 1.26. The van der Waals surface area contributed by atoms with Crippen LogP contribution < -0.4 is 5.32 Å². The average Bonchev–Trinajstić information content (AvgIpc) is 2.23. The van der Waals surface area contributed by atoms with Crippen molar-refractivity contribution in [1.82, 2.24) is 5.32 Å². The number of hydrogen-bond donors (Lipinski definition) is 2. The van der Waals surface area contributed by atoms with E-state index in [1.807, 2.05) is 11.4 Å². The molecule has 0 bridgehead atoms. The van der Waals surface area contributed by atoms with Gasteiger partial charge in [0, 0.05) is 6.92 Å². The standard InChI is InChI=1S/C11H15NO6S/c1-11(14,18-19(2,15)16)12-10(13)17-8-9-6-4-3-5-7-9/h3-7,14H,8H2,1-2H3,(H,12,13). The number of carbonyl (C=O) groups is 1. The van der Waals surface area contributed by atoms with Crippen LogP contribution in [0.3, 0.4) is 0 Å². The van der Waals surface area contributed by atoms with Crippen LogP contribution in [0.25, 0.3) is 0 Å². The summed E-state index contributed by atoms with van der Waals surface area (Å²) in [4.78, 5) is 11.3. The molecule has 19 heavy (non-hydrogen) atoms. The predicted octanol–water partition coefficient (Wildman–Crippen LogP) is 0.555. The van der Waals surface area contributed by atoms with Crippen molar-refractivity contribution in [3.8, 4) is 0 Å². The highest BCUT2D eigenvalue weighted by molar-refractivity contribution is 7.86. The Morgan fingerprint density at radius 2 is 1.95 bits per heavy atom. The normalized spacial score (nSPS) is 14.5. The van der Waals surface area contributed by atoms with Crippen LogP contribution in [0.2, 0.25) is 0 Å². The Labute approximate surface area is 111 Å². The van der Waals surface area contributed by atoms with E-state index in [0.717, 1.165) is 18.7 Å². The molecule has 0 aromatic heterocycles. The number of amides is 1. The summed E-state index contributed by atoms with van der Waals surface area (Å²) >= 11 is 0. The molecule has 0 radical (unpaired) electrons. The molecule has 1 amide bonds. The molecule has 7 nitrogen and oxygen atoms in total. The SMILES string of the molecule is CC(O)(NC(=O)OCc1ccccc1)OS(C)(=O)=O. The highest BCUT2D eigenvalue weighted by Crippen LogP contribution is 2.07. The molecule has 0 aliphatic heterocycles. The fourth-order valence-corrected chi connectivity index (χ4v) is 1.90. The summed E-state index contributed by atoms with van der Waals surface area (Å²) in [5.74, 6) is -2.36. The van der Waals surface area contributed by atoms with E-state index in [4.69, 9.17) is 4.74 Å². The van der Waals surface area contributed by atoms with Gasteiger partial charge in [-0.3, -0.25) is 5.32 Å². The molecule has 1 aromatic carbocycles. The van der Waals surface area contributed by atoms with Crippen molar-refractivity contribution in [3.05, 3.63) is 35.9 Å². The van der Waals surface area contributed by atoms with Crippen molar-refractivity contribution in [2.24, 2.45) is 0 Å². The molecule has 0 aliphatic rings.